The normalized spacial score (nSPS) is 12.9. The van der Waals surface area contributed by atoms with E-state index in [9.17, 15) is 5.11 Å². The Morgan fingerprint density at radius 3 is 2.64 bits per heavy atom. The summed E-state index contributed by atoms with van der Waals surface area (Å²) < 4.78 is 0. The molecular weight excluding hydrogens is 174 g/mol. The van der Waals surface area contributed by atoms with Crippen LogP contribution in [0.4, 0.5) is 0 Å². The molecule has 0 saturated heterocycles. The summed E-state index contributed by atoms with van der Waals surface area (Å²) >= 11 is 0. The molecule has 0 aliphatic rings. The van der Waals surface area contributed by atoms with Crippen molar-refractivity contribution >= 4 is 0 Å². The van der Waals surface area contributed by atoms with Gasteiger partial charge in [-0.3, -0.25) is 0 Å². The molecule has 14 heavy (non-hydrogen) atoms. The van der Waals surface area contributed by atoms with Crippen molar-refractivity contribution in [2.75, 3.05) is 13.6 Å². The zero-order valence-electron chi connectivity index (χ0n) is 9.17. The van der Waals surface area contributed by atoms with Crippen molar-refractivity contribution in [1.29, 1.82) is 0 Å². The maximum Gasteiger partial charge on any atom is 0.0704 e. The fourth-order valence-electron chi connectivity index (χ4n) is 1.64. The van der Waals surface area contributed by atoms with E-state index in [1.54, 1.807) is 0 Å². The highest BCUT2D eigenvalue weighted by molar-refractivity contribution is 5.30. The van der Waals surface area contributed by atoms with Crippen LogP contribution in [0.25, 0.3) is 0 Å². The minimum Gasteiger partial charge on any atom is -0.391 e. The Kier molecular flexibility index (Phi) is 4.11. The van der Waals surface area contributed by atoms with E-state index in [1.807, 2.05) is 7.05 Å². The second kappa shape index (κ2) is 5.13. The molecule has 1 aromatic rings. The van der Waals surface area contributed by atoms with E-state index in [-0.39, 0.29) is 6.10 Å². The number of likely N-dealkylation sites (N-methyl/N-ethyl adjacent to an activating group) is 1. The molecule has 0 amide bonds. The second-order valence-corrected chi connectivity index (χ2v) is 3.85. The Bertz CT molecular complexity index is 296. The number of aryl methyl sites for hydroxylation is 2. The van der Waals surface area contributed by atoms with Gasteiger partial charge in [0.25, 0.3) is 0 Å². The smallest absolute Gasteiger partial charge is 0.0704 e. The molecule has 2 N–H and O–H groups in total. The quantitative estimate of drug-likeness (QED) is 0.758. The molecule has 0 fully saturated rings. The van der Waals surface area contributed by atoms with Crippen LogP contribution >= 0.6 is 0 Å². The Hall–Kier alpha value is -0.860. The lowest BCUT2D eigenvalue weighted by molar-refractivity contribution is 0.174. The Morgan fingerprint density at radius 1 is 1.36 bits per heavy atom. The van der Waals surface area contributed by atoms with Crippen molar-refractivity contribution < 1.29 is 5.11 Å². The van der Waals surface area contributed by atoms with Gasteiger partial charge in [0.2, 0.25) is 0 Å². The zero-order chi connectivity index (χ0) is 10.6. The monoisotopic (exact) mass is 193 g/mol. The van der Waals surface area contributed by atoms with Crippen LogP contribution in [0.15, 0.2) is 18.2 Å². The van der Waals surface area contributed by atoms with Gasteiger partial charge in [-0.2, -0.15) is 0 Å². The molecule has 1 rings (SSSR count). The van der Waals surface area contributed by atoms with Crippen LogP contribution in [0.1, 0.15) is 16.7 Å². The maximum absolute atomic E-state index is 9.63. The van der Waals surface area contributed by atoms with Crippen molar-refractivity contribution in [3.05, 3.63) is 34.9 Å². The van der Waals surface area contributed by atoms with Gasteiger partial charge in [0.1, 0.15) is 0 Å². The Morgan fingerprint density at radius 2 is 2.07 bits per heavy atom. The van der Waals surface area contributed by atoms with Gasteiger partial charge in [0.05, 0.1) is 6.10 Å². The number of rotatable bonds is 4. The fraction of sp³-hybridized carbons (Fsp3) is 0.500. The van der Waals surface area contributed by atoms with E-state index in [4.69, 9.17) is 0 Å². The first kappa shape index (κ1) is 11.2. The van der Waals surface area contributed by atoms with Gasteiger partial charge >= 0.3 is 0 Å². The van der Waals surface area contributed by atoms with Gasteiger partial charge in [0, 0.05) is 6.54 Å². The number of nitrogens with one attached hydrogen (secondary N) is 1. The van der Waals surface area contributed by atoms with E-state index in [1.165, 1.54) is 16.7 Å². The minimum atomic E-state index is -0.290. The average molecular weight is 193 g/mol. The van der Waals surface area contributed by atoms with Crippen molar-refractivity contribution in [1.82, 2.24) is 5.32 Å². The molecule has 2 heteroatoms. The third-order valence-corrected chi connectivity index (χ3v) is 2.39. The molecule has 0 bridgehead atoms. The van der Waals surface area contributed by atoms with Crippen LogP contribution < -0.4 is 5.32 Å². The van der Waals surface area contributed by atoms with Crippen molar-refractivity contribution in [2.24, 2.45) is 0 Å². The molecule has 0 heterocycles. The molecule has 0 spiro atoms. The topological polar surface area (TPSA) is 32.3 Å². The number of hydrogen-bond acceptors (Lipinski definition) is 2. The highest BCUT2D eigenvalue weighted by Crippen LogP contribution is 2.12. The van der Waals surface area contributed by atoms with Gasteiger partial charge in [-0.1, -0.05) is 23.8 Å². The first-order chi connectivity index (χ1) is 6.63. The molecule has 0 radical (unpaired) electrons. The van der Waals surface area contributed by atoms with Gasteiger partial charge in [0.15, 0.2) is 0 Å². The molecule has 0 aliphatic carbocycles. The molecular formula is C12H19NO. The largest absolute Gasteiger partial charge is 0.391 e. The molecule has 78 valence electrons. The van der Waals surface area contributed by atoms with Crippen LogP contribution in [-0.4, -0.2) is 24.8 Å². The van der Waals surface area contributed by atoms with Crippen LogP contribution in [0.2, 0.25) is 0 Å². The van der Waals surface area contributed by atoms with Crippen molar-refractivity contribution in [2.45, 2.75) is 26.4 Å². The van der Waals surface area contributed by atoms with Crippen LogP contribution in [0.3, 0.4) is 0 Å². The average Bonchev–Trinajstić information content (AvgIpc) is 2.10. The molecule has 2 nitrogen and oxygen atoms in total. The molecule has 0 aliphatic heterocycles. The van der Waals surface area contributed by atoms with E-state index in [2.05, 4.69) is 37.4 Å². The Labute approximate surface area is 86.0 Å². The van der Waals surface area contributed by atoms with Crippen LogP contribution in [0.5, 0.6) is 0 Å². The summed E-state index contributed by atoms with van der Waals surface area (Å²) in [6.45, 7) is 4.82. The standard InChI is InChI=1S/C12H19NO/c1-9-4-5-11(10(2)6-9)7-12(14)8-13-3/h4-6,12-14H,7-8H2,1-3H3. The zero-order valence-corrected chi connectivity index (χ0v) is 9.17. The number of benzene rings is 1. The Balaban J connectivity index is 2.67. The van der Waals surface area contributed by atoms with Gasteiger partial charge in [-0.25, -0.2) is 0 Å². The third kappa shape index (κ3) is 3.13. The van der Waals surface area contributed by atoms with Gasteiger partial charge in [-0.15, -0.1) is 0 Å². The van der Waals surface area contributed by atoms with E-state index < -0.39 is 0 Å². The van der Waals surface area contributed by atoms with E-state index in [0.29, 0.717) is 6.54 Å². The maximum atomic E-state index is 9.63. The van der Waals surface area contributed by atoms with Gasteiger partial charge < -0.3 is 10.4 Å². The predicted molar refractivity (Wildman–Crippen MR) is 59.6 cm³/mol. The van der Waals surface area contributed by atoms with Crippen LogP contribution in [0, 0.1) is 13.8 Å². The number of aliphatic hydroxyl groups excluding tert-OH is 1. The highest BCUT2D eigenvalue weighted by atomic mass is 16.3. The summed E-state index contributed by atoms with van der Waals surface area (Å²) in [5, 5.41) is 12.6. The van der Waals surface area contributed by atoms with Gasteiger partial charge in [-0.05, 0) is 38.4 Å². The lowest BCUT2D eigenvalue weighted by atomic mass is 10.0. The van der Waals surface area contributed by atoms with Crippen molar-refractivity contribution in [3.63, 3.8) is 0 Å². The summed E-state index contributed by atoms with van der Waals surface area (Å²) in [4.78, 5) is 0. The minimum absolute atomic E-state index is 0.290. The summed E-state index contributed by atoms with van der Waals surface area (Å²) in [6.07, 6.45) is 0.439. The van der Waals surface area contributed by atoms with E-state index in [0.717, 1.165) is 6.42 Å². The summed E-state index contributed by atoms with van der Waals surface area (Å²) in [7, 11) is 1.85. The lowest BCUT2D eigenvalue weighted by Crippen LogP contribution is -2.25. The van der Waals surface area contributed by atoms with Crippen molar-refractivity contribution in [3.8, 4) is 0 Å². The molecule has 0 aromatic heterocycles. The number of hydrogen-bond donors (Lipinski definition) is 2. The molecule has 1 unspecified atom stereocenters. The summed E-state index contributed by atoms with van der Waals surface area (Å²) in [5.74, 6) is 0. The molecule has 1 aromatic carbocycles. The predicted octanol–water partition coefficient (Wildman–Crippen LogP) is 1.43. The summed E-state index contributed by atoms with van der Waals surface area (Å²) in [5.41, 5.74) is 3.77. The van der Waals surface area contributed by atoms with Crippen LogP contribution in [-0.2, 0) is 6.42 Å². The molecule has 1 atom stereocenters. The fourth-order valence-corrected chi connectivity index (χ4v) is 1.64. The summed E-state index contributed by atoms with van der Waals surface area (Å²) in [6, 6.07) is 6.35. The van der Waals surface area contributed by atoms with E-state index >= 15 is 0 Å². The third-order valence-electron chi connectivity index (χ3n) is 2.39. The lowest BCUT2D eigenvalue weighted by Gasteiger charge is -2.12. The SMILES string of the molecule is CNCC(O)Cc1ccc(C)cc1C. The highest BCUT2D eigenvalue weighted by Gasteiger charge is 2.06. The number of aliphatic hydroxyl groups is 1. The second-order valence-electron chi connectivity index (χ2n) is 3.85. The first-order valence-corrected chi connectivity index (χ1v) is 5.02. The molecule has 0 saturated carbocycles. The first-order valence-electron chi connectivity index (χ1n) is 5.02.